The van der Waals surface area contributed by atoms with E-state index in [0.717, 1.165) is 7.11 Å². The number of hydrogen-bond acceptors (Lipinski definition) is 7. The summed E-state index contributed by atoms with van der Waals surface area (Å²) in [5, 5.41) is 11.1. The molecule has 0 aromatic heterocycles. The van der Waals surface area contributed by atoms with Gasteiger partial charge >= 0.3 is 10.3 Å². The lowest BCUT2D eigenvalue weighted by molar-refractivity contribution is -0.386. The van der Waals surface area contributed by atoms with Crippen molar-refractivity contribution in [2.45, 2.75) is 25.5 Å². The van der Waals surface area contributed by atoms with Crippen LogP contribution < -0.4 is 4.72 Å². The minimum absolute atomic E-state index is 0.179. The fraction of sp³-hybridized carbons (Fsp3) is 0.455. The molecule has 1 aliphatic rings. The quantitative estimate of drug-likeness (QED) is 0.631. The third kappa shape index (κ3) is 3.54. The first-order chi connectivity index (χ1) is 9.84. The smallest absolute Gasteiger partial charge is 0.337 e. The summed E-state index contributed by atoms with van der Waals surface area (Å²) in [4.78, 5) is 10.5. The van der Waals surface area contributed by atoms with E-state index in [2.05, 4.69) is 8.91 Å². The van der Waals surface area contributed by atoms with E-state index in [1.54, 1.807) is 13.0 Å². The van der Waals surface area contributed by atoms with Crippen LogP contribution in [0.4, 0.5) is 5.69 Å². The molecule has 0 spiro atoms. The molecule has 9 nitrogen and oxygen atoms in total. The van der Waals surface area contributed by atoms with Crippen LogP contribution in [0, 0.1) is 10.1 Å². The van der Waals surface area contributed by atoms with Gasteiger partial charge in [0.05, 0.1) is 17.6 Å². The molecule has 1 aliphatic heterocycles. The van der Waals surface area contributed by atoms with Crippen molar-refractivity contribution in [3.63, 3.8) is 0 Å². The van der Waals surface area contributed by atoms with Gasteiger partial charge in [-0.15, -0.1) is 0 Å². The van der Waals surface area contributed by atoms with Crippen molar-refractivity contribution in [2.24, 2.45) is 0 Å². The summed E-state index contributed by atoms with van der Waals surface area (Å²) in [7, 11) is -3.04. The SMILES string of the molecule is COS(=O)(=O)N[C@H]1OC(C)O[C@H]1c1ccccc1[N+](=O)[O-]. The lowest BCUT2D eigenvalue weighted by atomic mass is 10.1. The van der Waals surface area contributed by atoms with Crippen LogP contribution in [-0.4, -0.2) is 33.0 Å². The maximum absolute atomic E-state index is 11.5. The number of ether oxygens (including phenoxy) is 2. The number of nitrogens with zero attached hydrogens (tertiary/aromatic N) is 1. The molecule has 1 N–H and O–H groups in total. The number of benzene rings is 1. The van der Waals surface area contributed by atoms with E-state index in [1.807, 2.05) is 0 Å². The van der Waals surface area contributed by atoms with Crippen molar-refractivity contribution in [3.05, 3.63) is 39.9 Å². The first-order valence-corrected chi connectivity index (χ1v) is 7.37. The summed E-state index contributed by atoms with van der Waals surface area (Å²) < 4.78 is 40.0. The van der Waals surface area contributed by atoms with E-state index < -0.39 is 33.8 Å². The van der Waals surface area contributed by atoms with Gasteiger partial charge < -0.3 is 9.47 Å². The summed E-state index contributed by atoms with van der Waals surface area (Å²) in [5.41, 5.74) is 0.0393. The van der Waals surface area contributed by atoms with E-state index in [9.17, 15) is 18.5 Å². The maximum atomic E-state index is 11.5. The molecule has 3 atom stereocenters. The molecule has 1 aromatic carbocycles. The average molecular weight is 318 g/mol. The largest absolute Gasteiger partial charge is 0.340 e. The summed E-state index contributed by atoms with van der Waals surface area (Å²) in [6, 6.07) is 5.90. The highest BCUT2D eigenvalue weighted by Gasteiger charge is 2.40. The van der Waals surface area contributed by atoms with Crippen LogP contribution in [0.25, 0.3) is 0 Å². The third-order valence-corrected chi connectivity index (χ3v) is 3.83. The Morgan fingerprint density at radius 3 is 2.62 bits per heavy atom. The predicted molar refractivity (Wildman–Crippen MR) is 70.3 cm³/mol. The molecule has 0 bridgehead atoms. The highest BCUT2D eigenvalue weighted by molar-refractivity contribution is 7.84. The van der Waals surface area contributed by atoms with Crippen LogP contribution in [0.2, 0.25) is 0 Å². The Hall–Kier alpha value is -1.59. The Labute approximate surface area is 121 Å². The normalized spacial score (nSPS) is 25.9. The first-order valence-electron chi connectivity index (χ1n) is 5.96. The molecule has 0 saturated carbocycles. The number of hydrogen-bond donors (Lipinski definition) is 1. The van der Waals surface area contributed by atoms with Gasteiger partial charge in [-0.25, -0.2) is 0 Å². The lowest BCUT2D eigenvalue weighted by Gasteiger charge is -2.17. The summed E-state index contributed by atoms with van der Waals surface area (Å²) in [6.45, 7) is 1.56. The number of nitro groups is 1. The van der Waals surface area contributed by atoms with Crippen LogP contribution in [0.15, 0.2) is 24.3 Å². The van der Waals surface area contributed by atoms with Gasteiger partial charge in [0.2, 0.25) is 0 Å². The van der Waals surface area contributed by atoms with Gasteiger partial charge in [0.15, 0.2) is 12.5 Å². The van der Waals surface area contributed by atoms with Gasteiger partial charge in [-0.05, 0) is 13.0 Å². The molecule has 116 valence electrons. The molecule has 0 radical (unpaired) electrons. The fourth-order valence-electron chi connectivity index (χ4n) is 2.00. The van der Waals surface area contributed by atoms with E-state index >= 15 is 0 Å². The molecule has 1 unspecified atom stereocenters. The van der Waals surface area contributed by atoms with E-state index in [-0.39, 0.29) is 11.3 Å². The Balaban J connectivity index is 2.35. The zero-order valence-electron chi connectivity index (χ0n) is 11.3. The molecule has 0 aliphatic carbocycles. The van der Waals surface area contributed by atoms with Crippen LogP contribution in [-0.2, 0) is 24.0 Å². The number of nitrogens with one attached hydrogen (secondary N) is 1. The second-order valence-electron chi connectivity index (χ2n) is 4.24. The van der Waals surface area contributed by atoms with E-state index in [1.165, 1.54) is 18.2 Å². The van der Waals surface area contributed by atoms with E-state index in [0.29, 0.717) is 0 Å². The van der Waals surface area contributed by atoms with Crippen molar-refractivity contribution < 1.29 is 27.0 Å². The molecule has 2 rings (SSSR count). The highest BCUT2D eigenvalue weighted by atomic mass is 32.2. The zero-order chi connectivity index (χ0) is 15.6. The van der Waals surface area contributed by atoms with Crippen LogP contribution in [0.1, 0.15) is 18.6 Å². The molecular weight excluding hydrogens is 304 g/mol. The van der Waals surface area contributed by atoms with E-state index in [4.69, 9.17) is 9.47 Å². The second-order valence-corrected chi connectivity index (χ2v) is 5.71. The fourth-order valence-corrected chi connectivity index (χ4v) is 2.56. The van der Waals surface area contributed by atoms with Gasteiger partial charge in [0.1, 0.15) is 6.10 Å². The Bertz CT molecular complexity index is 633. The molecule has 1 heterocycles. The zero-order valence-corrected chi connectivity index (χ0v) is 12.1. The number of rotatable bonds is 5. The van der Waals surface area contributed by atoms with Crippen molar-refractivity contribution in [3.8, 4) is 0 Å². The van der Waals surface area contributed by atoms with Crippen molar-refractivity contribution >= 4 is 16.0 Å². The number of para-hydroxylation sites is 1. The van der Waals surface area contributed by atoms with Crippen LogP contribution >= 0.6 is 0 Å². The molecule has 1 aromatic rings. The molecule has 21 heavy (non-hydrogen) atoms. The minimum atomic E-state index is -4.03. The van der Waals surface area contributed by atoms with Crippen molar-refractivity contribution in [1.82, 2.24) is 4.72 Å². The van der Waals surface area contributed by atoms with Crippen LogP contribution in [0.3, 0.4) is 0 Å². The van der Waals surface area contributed by atoms with Crippen molar-refractivity contribution in [2.75, 3.05) is 7.11 Å². The summed E-state index contributed by atoms with van der Waals surface area (Å²) in [5.74, 6) is 0. The molecular formula is C11H14N2O7S. The average Bonchev–Trinajstić information content (AvgIpc) is 2.78. The second kappa shape index (κ2) is 6.03. The minimum Gasteiger partial charge on any atom is -0.340 e. The Kier molecular flexibility index (Phi) is 4.54. The highest BCUT2D eigenvalue weighted by Crippen LogP contribution is 2.36. The topological polar surface area (TPSA) is 117 Å². The molecule has 0 amide bonds. The third-order valence-electron chi connectivity index (χ3n) is 2.87. The van der Waals surface area contributed by atoms with Crippen LogP contribution in [0.5, 0.6) is 0 Å². The van der Waals surface area contributed by atoms with Gasteiger partial charge in [-0.1, -0.05) is 12.1 Å². The summed E-state index contributed by atoms with van der Waals surface area (Å²) >= 11 is 0. The van der Waals surface area contributed by atoms with Gasteiger partial charge in [0, 0.05) is 6.07 Å². The first kappa shape index (κ1) is 15.8. The van der Waals surface area contributed by atoms with Gasteiger partial charge in [-0.2, -0.15) is 13.1 Å². The van der Waals surface area contributed by atoms with Gasteiger partial charge in [-0.3, -0.25) is 14.3 Å². The predicted octanol–water partition coefficient (Wildman–Crippen LogP) is 0.836. The maximum Gasteiger partial charge on any atom is 0.337 e. The molecule has 10 heteroatoms. The molecule has 1 fully saturated rings. The Morgan fingerprint density at radius 1 is 1.33 bits per heavy atom. The molecule has 1 saturated heterocycles. The summed E-state index contributed by atoms with van der Waals surface area (Å²) in [6.07, 6.45) is -2.79. The standard InChI is InChI=1S/C11H14N2O7S/c1-7-19-10(11(20-7)12-21(16,17)18-2)8-5-3-4-6-9(8)13(14)15/h3-7,10-12H,1-2H3/t7?,10-,11-/m0/s1. The lowest BCUT2D eigenvalue weighted by Crippen LogP contribution is -2.38. The van der Waals surface area contributed by atoms with Crippen molar-refractivity contribution in [1.29, 1.82) is 0 Å². The number of nitro benzene ring substituents is 1. The van der Waals surface area contributed by atoms with Gasteiger partial charge in [0.25, 0.3) is 5.69 Å². The monoisotopic (exact) mass is 318 g/mol. The Morgan fingerprint density at radius 2 is 2.00 bits per heavy atom.